The number of carbonyl (C=O) groups excluding carboxylic acids is 1. The van der Waals surface area contributed by atoms with Crippen LogP contribution in [0.3, 0.4) is 0 Å². The van der Waals surface area contributed by atoms with Gasteiger partial charge in [-0.3, -0.25) is 14.9 Å². The van der Waals surface area contributed by atoms with Crippen molar-refractivity contribution in [2.24, 2.45) is 0 Å². The second kappa shape index (κ2) is 6.72. The van der Waals surface area contributed by atoms with E-state index in [0.29, 0.717) is 17.1 Å². The van der Waals surface area contributed by atoms with Crippen molar-refractivity contribution in [1.29, 1.82) is 0 Å². The Bertz CT molecular complexity index is 1150. The van der Waals surface area contributed by atoms with Crippen molar-refractivity contribution in [2.45, 2.75) is 0 Å². The molecule has 132 valence electrons. The summed E-state index contributed by atoms with van der Waals surface area (Å²) in [5.41, 5.74) is 2.00. The predicted octanol–water partition coefficient (Wildman–Crippen LogP) is 4.19. The minimum atomic E-state index is -0.428. The summed E-state index contributed by atoms with van der Waals surface area (Å²) in [5, 5.41) is 14.6. The molecule has 2 heterocycles. The van der Waals surface area contributed by atoms with E-state index in [0.717, 1.165) is 10.9 Å². The number of hydrogen-bond donors (Lipinski definition) is 1. The van der Waals surface area contributed by atoms with Gasteiger partial charge in [0.2, 0.25) is 0 Å². The molecule has 0 aliphatic heterocycles. The zero-order chi connectivity index (χ0) is 18.8. The van der Waals surface area contributed by atoms with Crippen molar-refractivity contribution in [2.75, 3.05) is 5.32 Å². The molecule has 1 amide bonds. The van der Waals surface area contributed by atoms with E-state index in [9.17, 15) is 14.9 Å². The zero-order valence-corrected chi connectivity index (χ0v) is 14.1. The predicted molar refractivity (Wildman–Crippen MR) is 102 cm³/mol. The highest BCUT2D eigenvalue weighted by molar-refractivity contribution is 6.07. The third kappa shape index (κ3) is 3.13. The number of non-ortho nitro benzene ring substituents is 1. The van der Waals surface area contributed by atoms with Crippen LogP contribution in [0, 0.1) is 10.1 Å². The lowest BCUT2D eigenvalue weighted by Crippen LogP contribution is -2.12. The van der Waals surface area contributed by atoms with E-state index in [1.54, 1.807) is 54.9 Å². The zero-order valence-electron chi connectivity index (χ0n) is 14.1. The van der Waals surface area contributed by atoms with Gasteiger partial charge in [-0.05, 0) is 30.3 Å². The van der Waals surface area contributed by atoms with Gasteiger partial charge in [0.1, 0.15) is 5.82 Å². The molecule has 0 aliphatic rings. The summed E-state index contributed by atoms with van der Waals surface area (Å²) in [6.07, 6.45) is 3.39. The lowest BCUT2D eigenvalue weighted by molar-refractivity contribution is -0.384. The number of anilines is 1. The minimum Gasteiger partial charge on any atom is -0.316 e. The number of hydrogen-bond acceptors (Lipinski definition) is 4. The molecule has 0 atom stereocenters. The lowest BCUT2D eigenvalue weighted by Gasteiger charge is -2.08. The maximum Gasteiger partial charge on any atom is 0.271 e. The molecule has 4 aromatic rings. The Kier molecular flexibility index (Phi) is 4.10. The Hall–Kier alpha value is -4.00. The first-order valence-electron chi connectivity index (χ1n) is 8.21. The average molecular weight is 358 g/mol. The molecule has 2 aromatic carbocycles. The Labute approximate surface area is 154 Å². The molecule has 0 saturated carbocycles. The number of amides is 1. The summed E-state index contributed by atoms with van der Waals surface area (Å²) in [6.45, 7) is 0. The lowest BCUT2D eigenvalue weighted by atomic mass is 10.2. The summed E-state index contributed by atoms with van der Waals surface area (Å²) < 4.78 is 1.82. The molecule has 1 N–H and O–H groups in total. The van der Waals surface area contributed by atoms with E-state index < -0.39 is 4.92 Å². The summed E-state index contributed by atoms with van der Waals surface area (Å²) in [5.74, 6) is 0.184. The van der Waals surface area contributed by atoms with Crippen LogP contribution in [0.1, 0.15) is 10.4 Å². The van der Waals surface area contributed by atoms with Gasteiger partial charge in [-0.1, -0.05) is 24.3 Å². The molecule has 7 nitrogen and oxygen atoms in total. The molecule has 0 bridgehead atoms. The largest absolute Gasteiger partial charge is 0.316 e. The number of aromatic nitrogens is 2. The van der Waals surface area contributed by atoms with Gasteiger partial charge in [0.15, 0.2) is 0 Å². The van der Waals surface area contributed by atoms with Crippen molar-refractivity contribution in [3.63, 3.8) is 0 Å². The van der Waals surface area contributed by atoms with Crippen LogP contribution in [0.2, 0.25) is 0 Å². The van der Waals surface area contributed by atoms with E-state index in [-0.39, 0.29) is 11.6 Å². The van der Waals surface area contributed by atoms with E-state index in [1.807, 2.05) is 16.7 Å². The molecule has 27 heavy (non-hydrogen) atoms. The highest BCUT2D eigenvalue weighted by Crippen LogP contribution is 2.27. The number of nitrogens with zero attached hydrogens (tertiary/aromatic N) is 3. The maximum atomic E-state index is 12.4. The fraction of sp³-hybridized carbons (Fsp3) is 0. The first-order valence-corrected chi connectivity index (χ1v) is 8.21. The van der Waals surface area contributed by atoms with Crippen LogP contribution in [-0.2, 0) is 0 Å². The van der Waals surface area contributed by atoms with E-state index in [2.05, 4.69) is 10.3 Å². The van der Waals surface area contributed by atoms with Crippen LogP contribution in [0.25, 0.3) is 16.6 Å². The summed E-state index contributed by atoms with van der Waals surface area (Å²) >= 11 is 0. The Morgan fingerprint density at radius 1 is 1.04 bits per heavy atom. The van der Waals surface area contributed by atoms with Crippen LogP contribution >= 0.6 is 0 Å². The fourth-order valence-electron chi connectivity index (χ4n) is 2.92. The highest BCUT2D eigenvalue weighted by Gasteiger charge is 2.13. The van der Waals surface area contributed by atoms with Crippen LogP contribution in [0.5, 0.6) is 0 Å². The number of nitro benzene ring substituents is 1. The third-order valence-electron chi connectivity index (χ3n) is 4.20. The summed E-state index contributed by atoms with van der Waals surface area (Å²) in [4.78, 5) is 27.3. The monoisotopic (exact) mass is 358 g/mol. The summed E-state index contributed by atoms with van der Waals surface area (Å²) in [6, 6.07) is 18.9. The van der Waals surface area contributed by atoms with Gasteiger partial charge in [-0.25, -0.2) is 4.98 Å². The van der Waals surface area contributed by atoms with Crippen LogP contribution in [0.15, 0.2) is 79.1 Å². The Morgan fingerprint density at radius 3 is 2.63 bits per heavy atom. The normalized spacial score (nSPS) is 10.7. The van der Waals surface area contributed by atoms with Crippen LogP contribution in [0.4, 0.5) is 11.5 Å². The van der Waals surface area contributed by atoms with Gasteiger partial charge in [0, 0.05) is 35.5 Å². The second-order valence-electron chi connectivity index (χ2n) is 5.88. The minimum absolute atomic E-state index is 0.0148. The number of rotatable bonds is 4. The van der Waals surface area contributed by atoms with E-state index >= 15 is 0 Å². The standard InChI is InChI=1S/C20H14N4O3/c25-20(14-5-2-1-3-6-14)22-19-17-10-12-23(18(17)9-11-21-19)15-7-4-8-16(13-15)24(26)27/h1-13H,(H,21,22,25). The van der Waals surface area contributed by atoms with Gasteiger partial charge in [0.05, 0.1) is 16.1 Å². The number of nitrogens with one attached hydrogen (secondary N) is 1. The van der Waals surface area contributed by atoms with Gasteiger partial charge in [0.25, 0.3) is 11.6 Å². The number of pyridine rings is 1. The first-order chi connectivity index (χ1) is 13.1. The fourth-order valence-corrected chi connectivity index (χ4v) is 2.92. The van der Waals surface area contributed by atoms with Gasteiger partial charge < -0.3 is 9.88 Å². The van der Waals surface area contributed by atoms with Crippen molar-refractivity contribution < 1.29 is 9.72 Å². The van der Waals surface area contributed by atoms with Crippen molar-refractivity contribution >= 4 is 28.3 Å². The SMILES string of the molecule is O=C(Nc1nccc2c1ccn2-c1cccc([N+](=O)[O-])c1)c1ccccc1. The van der Waals surface area contributed by atoms with Gasteiger partial charge in [-0.15, -0.1) is 0 Å². The molecule has 4 rings (SSSR count). The molecule has 0 fully saturated rings. The molecular formula is C20H14N4O3. The molecule has 7 heteroatoms. The Morgan fingerprint density at radius 2 is 1.85 bits per heavy atom. The molecule has 2 aromatic heterocycles. The topological polar surface area (TPSA) is 90.1 Å². The quantitative estimate of drug-likeness (QED) is 0.437. The first kappa shape index (κ1) is 16.5. The molecule has 0 unspecified atom stereocenters. The molecule has 0 radical (unpaired) electrons. The summed E-state index contributed by atoms with van der Waals surface area (Å²) in [7, 11) is 0. The second-order valence-corrected chi connectivity index (χ2v) is 5.88. The molecule has 0 aliphatic carbocycles. The molecular weight excluding hydrogens is 344 g/mol. The molecule has 0 spiro atoms. The van der Waals surface area contributed by atoms with Gasteiger partial charge >= 0.3 is 0 Å². The maximum absolute atomic E-state index is 12.4. The number of carbonyl (C=O) groups is 1. The van der Waals surface area contributed by atoms with Crippen LogP contribution < -0.4 is 5.32 Å². The Balaban J connectivity index is 1.73. The van der Waals surface area contributed by atoms with Gasteiger partial charge in [-0.2, -0.15) is 0 Å². The number of benzene rings is 2. The van der Waals surface area contributed by atoms with E-state index in [1.165, 1.54) is 12.1 Å². The number of fused-ring (bicyclic) bond motifs is 1. The van der Waals surface area contributed by atoms with E-state index in [4.69, 9.17) is 0 Å². The smallest absolute Gasteiger partial charge is 0.271 e. The van der Waals surface area contributed by atoms with Crippen molar-refractivity contribution in [3.05, 3.63) is 94.8 Å². The molecule has 0 saturated heterocycles. The number of nitro groups is 1. The highest BCUT2D eigenvalue weighted by atomic mass is 16.6. The van der Waals surface area contributed by atoms with Crippen LogP contribution in [-0.4, -0.2) is 20.4 Å². The van der Waals surface area contributed by atoms with Crippen molar-refractivity contribution in [1.82, 2.24) is 9.55 Å². The average Bonchev–Trinajstić information content (AvgIpc) is 3.14. The van der Waals surface area contributed by atoms with Crippen molar-refractivity contribution in [3.8, 4) is 5.69 Å². The third-order valence-corrected chi connectivity index (χ3v) is 4.20.